The highest BCUT2D eigenvalue weighted by atomic mass is 16.3. The number of allylic oxidation sites excluding steroid dienone is 1. The van der Waals surface area contributed by atoms with Crippen molar-refractivity contribution in [2.75, 3.05) is 29.2 Å². The highest BCUT2D eigenvalue weighted by molar-refractivity contribution is 6.04. The molecule has 1 heterocycles. The van der Waals surface area contributed by atoms with Gasteiger partial charge in [-0.15, -0.1) is 0 Å². The zero-order valence-corrected chi connectivity index (χ0v) is 22.5. The second kappa shape index (κ2) is 9.69. The lowest BCUT2D eigenvalue weighted by molar-refractivity contribution is -0.120. The quantitative estimate of drug-likeness (QED) is 0.323. The molecule has 0 atom stereocenters. The Morgan fingerprint density at radius 2 is 1.50 bits per heavy atom. The summed E-state index contributed by atoms with van der Waals surface area (Å²) in [7, 11) is 3.62. The van der Waals surface area contributed by atoms with Crippen LogP contribution in [0.1, 0.15) is 65.5 Å². The Labute approximate surface area is 214 Å². The molecule has 0 fully saturated rings. The van der Waals surface area contributed by atoms with E-state index in [1.807, 2.05) is 81.1 Å². The molecule has 1 aliphatic rings. The highest BCUT2D eigenvalue weighted by Gasteiger charge is 2.31. The molecule has 0 unspecified atom stereocenters. The number of benzene rings is 2. The van der Waals surface area contributed by atoms with E-state index in [4.69, 9.17) is 0 Å². The monoisotopic (exact) mass is 488 g/mol. The van der Waals surface area contributed by atoms with Crippen LogP contribution in [0.5, 0.6) is 5.75 Å². The van der Waals surface area contributed by atoms with Crippen molar-refractivity contribution in [3.05, 3.63) is 58.9 Å². The van der Waals surface area contributed by atoms with E-state index in [0.29, 0.717) is 11.5 Å². The van der Waals surface area contributed by atoms with Gasteiger partial charge in [-0.1, -0.05) is 59.7 Å². The summed E-state index contributed by atoms with van der Waals surface area (Å²) in [5.74, 6) is -0.281. The number of phenols is 1. The molecule has 2 N–H and O–H groups in total. The average molecular weight is 489 g/mol. The van der Waals surface area contributed by atoms with Gasteiger partial charge >= 0.3 is 0 Å². The number of hydrogen-bond donors (Lipinski definition) is 2. The molecule has 1 aliphatic heterocycles. The number of rotatable bonds is 5. The Kier molecular flexibility index (Phi) is 7.22. The van der Waals surface area contributed by atoms with E-state index in [1.165, 1.54) is 0 Å². The topological polar surface area (TPSA) is 96.7 Å². The maximum absolute atomic E-state index is 13.0. The Morgan fingerprint density at radius 3 is 1.97 bits per heavy atom. The number of aromatic hydroxyl groups is 1. The van der Waals surface area contributed by atoms with Gasteiger partial charge in [0, 0.05) is 32.5 Å². The smallest absolute Gasteiger partial charge is 0.224 e. The lowest BCUT2D eigenvalue weighted by Gasteiger charge is -2.27. The van der Waals surface area contributed by atoms with E-state index in [-0.39, 0.29) is 35.0 Å². The molecule has 0 aromatic heterocycles. The number of nitriles is 1. The van der Waals surface area contributed by atoms with Crippen molar-refractivity contribution in [3.63, 3.8) is 0 Å². The summed E-state index contributed by atoms with van der Waals surface area (Å²) < 4.78 is 0. The van der Waals surface area contributed by atoms with Crippen molar-refractivity contribution < 1.29 is 14.7 Å². The number of anilines is 3. The van der Waals surface area contributed by atoms with Crippen molar-refractivity contribution in [1.82, 2.24) is 0 Å². The third-order valence-electron chi connectivity index (χ3n) is 6.49. The molecule has 190 valence electrons. The molecule has 3 rings (SSSR count). The Morgan fingerprint density at radius 1 is 0.944 bits per heavy atom. The normalized spacial score (nSPS) is 13.4. The number of para-hydroxylation sites is 2. The van der Waals surface area contributed by atoms with Gasteiger partial charge in [0.1, 0.15) is 23.2 Å². The van der Waals surface area contributed by atoms with Crippen molar-refractivity contribution in [3.8, 4) is 11.8 Å². The molecule has 0 bridgehead atoms. The van der Waals surface area contributed by atoms with Crippen molar-refractivity contribution in [1.29, 1.82) is 5.26 Å². The summed E-state index contributed by atoms with van der Waals surface area (Å²) in [5, 5.41) is 23.5. The largest absolute Gasteiger partial charge is 0.505 e. The number of amides is 1. The van der Waals surface area contributed by atoms with Crippen LogP contribution in [-0.2, 0) is 20.4 Å². The minimum absolute atomic E-state index is 0.0107. The molecule has 7 heteroatoms. The van der Waals surface area contributed by atoms with Gasteiger partial charge in [0.15, 0.2) is 5.78 Å². The molecule has 0 radical (unpaired) electrons. The summed E-state index contributed by atoms with van der Waals surface area (Å²) in [6, 6.07) is 13.5. The predicted molar refractivity (Wildman–Crippen MR) is 144 cm³/mol. The van der Waals surface area contributed by atoms with E-state index < -0.39 is 11.7 Å². The van der Waals surface area contributed by atoms with Crippen LogP contribution < -0.4 is 15.1 Å². The first kappa shape index (κ1) is 26.8. The number of Topliss-reactive ketones (excluding diaryl/α,β-unsaturated/α-hetero) is 1. The molecule has 7 nitrogen and oxygen atoms in total. The van der Waals surface area contributed by atoms with E-state index in [9.17, 15) is 20.0 Å². The number of phenolic OH excluding ortho intramolecular Hbond substituents is 1. The van der Waals surface area contributed by atoms with Crippen LogP contribution in [-0.4, -0.2) is 30.9 Å². The first-order chi connectivity index (χ1) is 16.7. The molecule has 0 saturated heterocycles. The molecule has 2 aromatic rings. The second-order valence-electron chi connectivity index (χ2n) is 11.3. The number of carbonyl (C=O) groups is 2. The minimum Gasteiger partial charge on any atom is -0.505 e. The van der Waals surface area contributed by atoms with E-state index >= 15 is 0 Å². The average Bonchev–Trinajstić information content (AvgIpc) is 3.03. The third kappa shape index (κ3) is 5.23. The minimum atomic E-state index is -0.405. The van der Waals surface area contributed by atoms with E-state index in [1.54, 1.807) is 6.07 Å². The van der Waals surface area contributed by atoms with E-state index in [0.717, 1.165) is 22.5 Å². The van der Waals surface area contributed by atoms with Gasteiger partial charge < -0.3 is 20.2 Å². The molecule has 36 heavy (non-hydrogen) atoms. The summed E-state index contributed by atoms with van der Waals surface area (Å²) in [5.41, 5.74) is 3.35. The Balaban J connectivity index is 1.81. The van der Waals surface area contributed by atoms with Crippen LogP contribution in [0.15, 0.2) is 47.8 Å². The molecule has 0 spiro atoms. The molecule has 2 aromatic carbocycles. The number of carbonyl (C=O) groups excluding carboxylic acids is 2. The molecular weight excluding hydrogens is 452 g/mol. The summed E-state index contributed by atoms with van der Waals surface area (Å²) in [4.78, 5) is 29.5. The fourth-order valence-electron chi connectivity index (χ4n) is 4.36. The molecule has 1 amide bonds. The van der Waals surface area contributed by atoms with Gasteiger partial charge in [-0.05, 0) is 34.6 Å². The second-order valence-corrected chi connectivity index (χ2v) is 11.3. The maximum Gasteiger partial charge on any atom is 0.224 e. The lowest BCUT2D eigenvalue weighted by Crippen LogP contribution is -2.26. The third-order valence-corrected chi connectivity index (χ3v) is 6.49. The predicted octanol–water partition coefficient (Wildman–Crippen LogP) is 5.60. The van der Waals surface area contributed by atoms with Gasteiger partial charge in [0.2, 0.25) is 5.91 Å². The molecule has 0 saturated carbocycles. The van der Waals surface area contributed by atoms with Gasteiger partial charge in [0.05, 0.1) is 17.1 Å². The van der Waals surface area contributed by atoms with Crippen LogP contribution in [0.2, 0.25) is 0 Å². The van der Waals surface area contributed by atoms with Crippen LogP contribution in [0.25, 0.3) is 0 Å². The standard InChI is InChI=1S/C29H36N4O3/c1-28(2,3)18-15-20(29(4,5)6)26(36)21(16-18)31-25(35)14-13-24(34)19(17-30)27-32(7)22-11-9-10-12-23(22)33(27)8/h9-12,15-16,36H,13-14H2,1-8H3,(H,31,35). The summed E-state index contributed by atoms with van der Waals surface area (Å²) in [6.07, 6.45) is -0.232. The zero-order chi connectivity index (χ0) is 27.0. The van der Waals surface area contributed by atoms with Gasteiger partial charge in [-0.2, -0.15) is 5.26 Å². The van der Waals surface area contributed by atoms with Crippen molar-refractivity contribution in [2.24, 2.45) is 0 Å². The van der Waals surface area contributed by atoms with E-state index in [2.05, 4.69) is 26.1 Å². The number of hydrogen-bond acceptors (Lipinski definition) is 6. The Hall–Kier alpha value is -3.79. The molecular formula is C29H36N4O3. The van der Waals surface area contributed by atoms with Gasteiger partial charge in [0.25, 0.3) is 0 Å². The van der Waals surface area contributed by atoms with Gasteiger partial charge in [-0.3, -0.25) is 9.59 Å². The molecule has 0 aliphatic carbocycles. The summed E-state index contributed by atoms with van der Waals surface area (Å²) >= 11 is 0. The number of fused-ring (bicyclic) bond motifs is 1. The van der Waals surface area contributed by atoms with Crippen molar-refractivity contribution >= 4 is 28.8 Å². The Bertz CT molecular complexity index is 1240. The number of nitrogens with one attached hydrogen (secondary N) is 1. The highest BCUT2D eigenvalue weighted by Crippen LogP contribution is 2.41. The number of ketones is 1. The lowest BCUT2D eigenvalue weighted by atomic mass is 9.79. The van der Waals surface area contributed by atoms with Crippen LogP contribution in [0.3, 0.4) is 0 Å². The van der Waals surface area contributed by atoms with Crippen LogP contribution >= 0.6 is 0 Å². The van der Waals surface area contributed by atoms with Crippen LogP contribution in [0, 0.1) is 11.3 Å². The fourth-order valence-corrected chi connectivity index (χ4v) is 4.36. The number of nitrogens with zero attached hydrogens (tertiary/aromatic N) is 3. The summed E-state index contributed by atoms with van der Waals surface area (Å²) in [6.45, 7) is 12.2. The van der Waals surface area contributed by atoms with Crippen molar-refractivity contribution in [2.45, 2.75) is 65.2 Å². The van der Waals surface area contributed by atoms with Gasteiger partial charge in [-0.25, -0.2) is 0 Å². The SMILES string of the molecule is CN1C(=C(C#N)C(=O)CCC(=O)Nc2cc(C(C)(C)C)cc(C(C)(C)C)c2O)N(C)c2ccccc21. The maximum atomic E-state index is 13.0. The zero-order valence-electron chi connectivity index (χ0n) is 22.5. The fraction of sp³-hybridized carbons (Fsp3) is 0.414. The van der Waals surface area contributed by atoms with Crippen LogP contribution in [0.4, 0.5) is 17.1 Å². The first-order valence-electron chi connectivity index (χ1n) is 12.1. The first-order valence-corrected chi connectivity index (χ1v) is 12.1.